The van der Waals surface area contributed by atoms with Gasteiger partial charge in [-0.2, -0.15) is 14.8 Å². The van der Waals surface area contributed by atoms with Crippen molar-refractivity contribution in [3.8, 4) is 5.69 Å². The van der Waals surface area contributed by atoms with E-state index in [9.17, 15) is 8.42 Å². The van der Waals surface area contributed by atoms with Crippen molar-refractivity contribution >= 4 is 21.7 Å². The molecular weight excluding hydrogens is 374 g/mol. The van der Waals surface area contributed by atoms with Crippen LogP contribution in [0.5, 0.6) is 0 Å². The molecule has 144 valence electrons. The predicted molar refractivity (Wildman–Crippen MR) is 107 cm³/mol. The highest BCUT2D eigenvalue weighted by Gasteiger charge is 2.29. The van der Waals surface area contributed by atoms with Crippen LogP contribution in [-0.2, 0) is 16.6 Å². The zero-order chi connectivity index (χ0) is 19.1. The van der Waals surface area contributed by atoms with Gasteiger partial charge in [0, 0.05) is 12.2 Å². The number of hydrogen-bond acceptors (Lipinski definition) is 5. The molecule has 0 unspecified atom stereocenters. The summed E-state index contributed by atoms with van der Waals surface area (Å²) in [5.74, 6) is 0.890. The lowest BCUT2D eigenvalue weighted by Crippen LogP contribution is -2.24. The molecule has 2 N–H and O–H groups in total. The fourth-order valence-corrected chi connectivity index (χ4v) is 5.26. The van der Waals surface area contributed by atoms with Crippen molar-refractivity contribution in [3.63, 3.8) is 0 Å². The van der Waals surface area contributed by atoms with Gasteiger partial charge in [0.15, 0.2) is 0 Å². The smallest absolute Gasteiger partial charge is 0.266 e. The molecule has 0 radical (unpaired) electrons. The van der Waals surface area contributed by atoms with Gasteiger partial charge in [-0.05, 0) is 48.1 Å². The molecule has 8 heteroatoms. The second kappa shape index (κ2) is 6.63. The maximum atomic E-state index is 12.4. The Hall–Kier alpha value is -2.87. The van der Waals surface area contributed by atoms with E-state index in [-0.39, 0.29) is 10.8 Å². The molecule has 2 aliphatic rings. The number of fused-ring (bicyclic) bond motifs is 3. The summed E-state index contributed by atoms with van der Waals surface area (Å²) in [6.45, 7) is 0.675. The Labute approximate surface area is 163 Å². The van der Waals surface area contributed by atoms with Gasteiger partial charge in [0.2, 0.25) is 5.95 Å². The third-order valence-corrected chi connectivity index (χ3v) is 6.90. The van der Waals surface area contributed by atoms with Crippen LogP contribution in [0.1, 0.15) is 42.7 Å². The summed E-state index contributed by atoms with van der Waals surface area (Å²) >= 11 is 0. The van der Waals surface area contributed by atoms with Crippen LogP contribution in [-0.4, -0.2) is 23.2 Å². The van der Waals surface area contributed by atoms with Crippen LogP contribution in [0.4, 0.5) is 11.6 Å². The molecule has 0 atom stereocenters. The molecule has 7 nitrogen and oxygen atoms in total. The monoisotopic (exact) mass is 395 g/mol. The largest absolute Gasteiger partial charge is 0.381 e. The van der Waals surface area contributed by atoms with Crippen molar-refractivity contribution in [3.05, 3.63) is 59.9 Å². The van der Waals surface area contributed by atoms with Gasteiger partial charge in [0.25, 0.3) is 10.0 Å². The molecule has 0 amide bonds. The van der Waals surface area contributed by atoms with Crippen molar-refractivity contribution in [2.45, 2.75) is 43.0 Å². The Bertz CT molecular complexity index is 1130. The van der Waals surface area contributed by atoms with Crippen LogP contribution in [0.25, 0.3) is 5.69 Å². The number of aromatic nitrogens is 3. The van der Waals surface area contributed by atoms with Crippen LogP contribution < -0.4 is 10.0 Å². The van der Waals surface area contributed by atoms with Gasteiger partial charge >= 0.3 is 0 Å². The van der Waals surface area contributed by atoms with E-state index in [1.54, 1.807) is 18.2 Å². The molecule has 2 aromatic carbocycles. The molecule has 0 saturated heterocycles. The third kappa shape index (κ3) is 3.03. The Morgan fingerprint density at radius 3 is 2.86 bits per heavy atom. The van der Waals surface area contributed by atoms with Crippen LogP contribution in [0.3, 0.4) is 0 Å². The molecule has 1 aromatic heterocycles. The molecule has 2 heterocycles. The lowest BCUT2D eigenvalue weighted by atomic mass is 9.96. The number of rotatable bonds is 4. The summed E-state index contributed by atoms with van der Waals surface area (Å²) in [6.07, 6.45) is 6.55. The number of sulfonamides is 1. The second-order valence-corrected chi connectivity index (χ2v) is 9.01. The van der Waals surface area contributed by atoms with E-state index in [0.29, 0.717) is 18.2 Å². The first kappa shape index (κ1) is 17.2. The van der Waals surface area contributed by atoms with Crippen molar-refractivity contribution in [2.75, 3.05) is 10.0 Å². The molecule has 5 rings (SSSR count). The molecule has 0 spiro atoms. The summed E-state index contributed by atoms with van der Waals surface area (Å²) in [4.78, 5) is 4.16. The van der Waals surface area contributed by atoms with Gasteiger partial charge in [-0.3, -0.25) is 0 Å². The Morgan fingerprint density at radius 1 is 1.14 bits per heavy atom. The van der Waals surface area contributed by atoms with Gasteiger partial charge < -0.3 is 5.32 Å². The highest BCUT2D eigenvalue weighted by atomic mass is 32.2. The van der Waals surface area contributed by atoms with E-state index in [1.807, 2.05) is 0 Å². The topological polar surface area (TPSA) is 88.9 Å². The maximum absolute atomic E-state index is 12.4. The third-order valence-electron chi connectivity index (χ3n) is 5.52. The number of nitrogens with zero attached hydrogens (tertiary/aromatic N) is 3. The zero-order valence-corrected chi connectivity index (χ0v) is 16.1. The Kier molecular flexibility index (Phi) is 4.08. The molecule has 1 aliphatic carbocycles. The highest BCUT2D eigenvalue weighted by molar-refractivity contribution is 7.92. The minimum absolute atomic E-state index is 0.194. The fourth-order valence-electron chi connectivity index (χ4n) is 4.10. The second-order valence-electron chi connectivity index (χ2n) is 7.36. The van der Waals surface area contributed by atoms with Crippen LogP contribution in [0.2, 0.25) is 0 Å². The van der Waals surface area contributed by atoms with Crippen molar-refractivity contribution in [1.29, 1.82) is 0 Å². The van der Waals surface area contributed by atoms with Crippen molar-refractivity contribution < 1.29 is 8.42 Å². The molecule has 1 saturated carbocycles. The van der Waals surface area contributed by atoms with Crippen molar-refractivity contribution in [2.24, 2.45) is 0 Å². The summed E-state index contributed by atoms with van der Waals surface area (Å²) in [7, 11) is -3.63. The number of nitrogens with one attached hydrogen (secondary N) is 2. The summed E-state index contributed by atoms with van der Waals surface area (Å²) in [6, 6.07) is 13.9. The van der Waals surface area contributed by atoms with Gasteiger partial charge in [-0.25, -0.2) is 13.1 Å². The number of anilines is 2. The van der Waals surface area contributed by atoms with Gasteiger partial charge in [0.05, 0.1) is 5.69 Å². The first-order chi connectivity index (χ1) is 13.6. The highest BCUT2D eigenvalue weighted by Crippen LogP contribution is 2.34. The van der Waals surface area contributed by atoms with Gasteiger partial charge in [-0.1, -0.05) is 37.1 Å². The maximum Gasteiger partial charge on any atom is 0.266 e. The number of benzene rings is 2. The first-order valence-electron chi connectivity index (χ1n) is 9.50. The summed E-state index contributed by atoms with van der Waals surface area (Å²) < 4.78 is 28.7. The average Bonchev–Trinajstić information content (AvgIpc) is 3.38. The predicted octanol–water partition coefficient (Wildman–Crippen LogP) is 3.65. The van der Waals surface area contributed by atoms with Crippen LogP contribution >= 0.6 is 0 Å². The summed E-state index contributed by atoms with van der Waals surface area (Å²) in [5, 5.41) is 7.53. The van der Waals surface area contributed by atoms with Crippen LogP contribution in [0.15, 0.2) is 53.7 Å². The van der Waals surface area contributed by atoms with E-state index < -0.39 is 10.0 Å². The molecule has 1 aliphatic heterocycles. The molecular formula is C20H21N5O2S. The van der Waals surface area contributed by atoms with E-state index in [0.717, 1.165) is 5.69 Å². The molecule has 3 aromatic rings. The summed E-state index contributed by atoms with van der Waals surface area (Å²) in [5.41, 5.74) is 3.98. The molecule has 1 fully saturated rings. The van der Waals surface area contributed by atoms with E-state index in [2.05, 4.69) is 44.4 Å². The standard InChI is InChI=1S/C20H21N5O2S/c26-28(27)19-9-8-17(11-18(19)25-20(24-28)22-13-23-25)21-12-14-4-3-7-16(10-14)15-5-1-2-6-15/h3-4,7-11,13,15,21H,1-2,5-6,12H2,(H,22,23,24). The minimum atomic E-state index is -3.63. The van der Waals surface area contributed by atoms with E-state index in [1.165, 1.54) is 47.8 Å². The number of hydrogen-bond donors (Lipinski definition) is 2. The fraction of sp³-hybridized carbons (Fsp3) is 0.300. The zero-order valence-electron chi connectivity index (χ0n) is 15.3. The first-order valence-corrected chi connectivity index (χ1v) is 11.0. The molecule has 28 heavy (non-hydrogen) atoms. The van der Waals surface area contributed by atoms with E-state index >= 15 is 0 Å². The van der Waals surface area contributed by atoms with Crippen molar-refractivity contribution in [1.82, 2.24) is 14.8 Å². The normalized spacial score (nSPS) is 17.6. The Balaban J connectivity index is 1.39. The van der Waals surface area contributed by atoms with Gasteiger partial charge in [0.1, 0.15) is 11.2 Å². The SMILES string of the molecule is O=S1(=O)Nc2ncnn2-c2cc(NCc3cccc(C4CCCC4)c3)ccc21. The molecule has 0 bridgehead atoms. The lowest BCUT2D eigenvalue weighted by molar-refractivity contribution is 0.597. The quantitative estimate of drug-likeness (QED) is 0.704. The Morgan fingerprint density at radius 2 is 2.00 bits per heavy atom. The minimum Gasteiger partial charge on any atom is -0.381 e. The lowest BCUT2D eigenvalue weighted by Gasteiger charge is -2.19. The van der Waals surface area contributed by atoms with E-state index in [4.69, 9.17) is 0 Å². The van der Waals surface area contributed by atoms with Gasteiger partial charge in [-0.15, -0.1) is 0 Å². The van der Waals surface area contributed by atoms with Crippen LogP contribution in [0, 0.1) is 0 Å². The average molecular weight is 395 g/mol.